The molecule has 1 aliphatic rings. The first-order valence-electron chi connectivity index (χ1n) is 7.40. The number of amides is 1. The van der Waals surface area contributed by atoms with E-state index in [1.807, 2.05) is 0 Å². The summed E-state index contributed by atoms with van der Waals surface area (Å²) in [5.41, 5.74) is 0. The summed E-state index contributed by atoms with van der Waals surface area (Å²) < 4.78 is 0. The maximum Gasteiger partial charge on any atom is 0.223 e. The number of anilines is 4. The van der Waals surface area contributed by atoms with Crippen LogP contribution in [0.5, 0.6) is 0 Å². The number of carbonyl (C=O) groups is 1. The summed E-state index contributed by atoms with van der Waals surface area (Å²) in [7, 11) is 0. The number of aliphatic hydroxyl groups excluding tert-OH is 1. The molecule has 0 radical (unpaired) electrons. The molecule has 2 atom stereocenters. The van der Waals surface area contributed by atoms with Crippen molar-refractivity contribution in [3.05, 3.63) is 0 Å². The molecule has 4 N–H and O–H groups in total. The van der Waals surface area contributed by atoms with E-state index < -0.39 is 6.23 Å². The second kappa shape index (κ2) is 7.23. The molecule has 1 amide bonds. The minimum atomic E-state index is -0.658. The molecule has 0 aromatic carbocycles. The van der Waals surface area contributed by atoms with Crippen molar-refractivity contribution in [2.75, 3.05) is 33.9 Å². The van der Waals surface area contributed by atoms with E-state index in [2.05, 4.69) is 41.2 Å². The van der Waals surface area contributed by atoms with E-state index in [0.717, 1.165) is 24.6 Å². The van der Waals surface area contributed by atoms with Crippen molar-refractivity contribution in [1.82, 2.24) is 20.4 Å². The molecule has 130 valence electrons. The molecule has 2 aromatic heterocycles. The smallest absolute Gasteiger partial charge is 0.223 e. The fourth-order valence-electron chi connectivity index (χ4n) is 2.29. The van der Waals surface area contributed by atoms with Gasteiger partial charge in [0.1, 0.15) is 6.23 Å². The van der Waals surface area contributed by atoms with Gasteiger partial charge in [-0.05, 0) is 13.3 Å². The van der Waals surface area contributed by atoms with Crippen molar-refractivity contribution in [3.8, 4) is 0 Å². The summed E-state index contributed by atoms with van der Waals surface area (Å²) >= 11 is 2.72. The van der Waals surface area contributed by atoms with Gasteiger partial charge in [0, 0.05) is 26.1 Å². The van der Waals surface area contributed by atoms with Crippen molar-refractivity contribution in [1.29, 1.82) is 0 Å². The number of nitrogens with zero attached hydrogens (tertiary/aromatic N) is 5. The van der Waals surface area contributed by atoms with Gasteiger partial charge in [-0.3, -0.25) is 4.79 Å². The van der Waals surface area contributed by atoms with E-state index in [-0.39, 0.29) is 11.9 Å². The number of carbonyl (C=O) groups excluding carboxylic acids is 1. The standard InChI is InChI=1S/C12H18N8O2S2/c1-6(21)13-9-16-17-11(23-9)15-8-3-4-20(5-8)12-19-18-10(24-12)14-7(2)22/h7-8,22H,3-5H2,1-2H3,(H,14,18)(H,15,17)(H,13,16,21)/t7?,8-/m0/s1. The van der Waals surface area contributed by atoms with Crippen LogP contribution < -0.4 is 20.9 Å². The highest BCUT2D eigenvalue weighted by atomic mass is 32.1. The summed E-state index contributed by atoms with van der Waals surface area (Å²) in [4.78, 5) is 13.1. The van der Waals surface area contributed by atoms with E-state index >= 15 is 0 Å². The lowest BCUT2D eigenvalue weighted by atomic mass is 10.3. The van der Waals surface area contributed by atoms with Crippen LogP contribution in [0.1, 0.15) is 20.3 Å². The number of aromatic nitrogens is 4. The molecule has 0 aliphatic carbocycles. The Kier molecular flexibility index (Phi) is 5.06. The molecular formula is C12H18N8O2S2. The molecule has 10 nitrogen and oxygen atoms in total. The number of aliphatic hydroxyl groups is 1. The Hall–Kier alpha value is -2.05. The molecule has 1 fully saturated rings. The predicted octanol–water partition coefficient (Wildman–Crippen LogP) is 0.789. The summed E-state index contributed by atoms with van der Waals surface area (Å²) in [5, 5.41) is 36.8. The molecule has 12 heteroatoms. The normalized spacial score (nSPS) is 18.5. The lowest BCUT2D eigenvalue weighted by Gasteiger charge is -2.14. The molecule has 0 spiro atoms. The minimum Gasteiger partial charge on any atom is -0.374 e. The fraction of sp³-hybridized carbons (Fsp3) is 0.583. The zero-order valence-corrected chi connectivity index (χ0v) is 14.8. The Bertz CT molecular complexity index is 703. The monoisotopic (exact) mass is 370 g/mol. The highest BCUT2D eigenvalue weighted by Gasteiger charge is 2.26. The van der Waals surface area contributed by atoms with Gasteiger partial charge in [0.05, 0.1) is 0 Å². The summed E-state index contributed by atoms with van der Waals surface area (Å²) in [6.45, 7) is 4.71. The molecule has 3 heterocycles. The van der Waals surface area contributed by atoms with Crippen LogP contribution in [-0.2, 0) is 4.79 Å². The first-order chi connectivity index (χ1) is 11.5. The third kappa shape index (κ3) is 4.27. The summed E-state index contributed by atoms with van der Waals surface area (Å²) in [5.74, 6) is -0.164. The Balaban J connectivity index is 1.54. The van der Waals surface area contributed by atoms with Gasteiger partial charge in [-0.2, -0.15) is 0 Å². The molecule has 3 rings (SSSR count). The molecule has 0 saturated carbocycles. The summed E-state index contributed by atoms with van der Waals surface area (Å²) in [6.07, 6.45) is 0.280. The summed E-state index contributed by atoms with van der Waals surface area (Å²) in [6, 6.07) is 0.222. The molecule has 24 heavy (non-hydrogen) atoms. The molecule has 1 unspecified atom stereocenters. The third-order valence-electron chi connectivity index (χ3n) is 3.24. The van der Waals surface area contributed by atoms with E-state index in [4.69, 9.17) is 0 Å². The van der Waals surface area contributed by atoms with Crippen LogP contribution in [0.4, 0.5) is 20.5 Å². The zero-order valence-electron chi connectivity index (χ0n) is 13.2. The van der Waals surface area contributed by atoms with Crippen LogP contribution in [0.3, 0.4) is 0 Å². The Morgan fingerprint density at radius 3 is 2.75 bits per heavy atom. The lowest BCUT2D eigenvalue weighted by molar-refractivity contribution is -0.114. The average molecular weight is 370 g/mol. The topological polar surface area (TPSA) is 128 Å². The minimum absolute atomic E-state index is 0.164. The molecule has 1 saturated heterocycles. The van der Waals surface area contributed by atoms with Crippen LogP contribution in [-0.4, -0.2) is 56.8 Å². The first kappa shape index (κ1) is 16.8. The molecule has 2 aromatic rings. The van der Waals surface area contributed by atoms with Gasteiger partial charge >= 0.3 is 0 Å². The van der Waals surface area contributed by atoms with Crippen molar-refractivity contribution < 1.29 is 9.90 Å². The highest BCUT2D eigenvalue weighted by Crippen LogP contribution is 2.29. The molecule has 0 bridgehead atoms. The van der Waals surface area contributed by atoms with Gasteiger partial charge in [-0.25, -0.2) is 0 Å². The Morgan fingerprint density at radius 2 is 2.00 bits per heavy atom. The van der Waals surface area contributed by atoms with E-state index in [0.29, 0.717) is 15.4 Å². The first-order valence-corrected chi connectivity index (χ1v) is 9.03. The van der Waals surface area contributed by atoms with Gasteiger partial charge in [0.2, 0.25) is 26.4 Å². The van der Waals surface area contributed by atoms with E-state index in [9.17, 15) is 9.90 Å². The molecular weight excluding hydrogens is 352 g/mol. The quantitative estimate of drug-likeness (QED) is 0.545. The number of rotatable bonds is 6. The zero-order chi connectivity index (χ0) is 17.1. The van der Waals surface area contributed by atoms with Gasteiger partial charge in [0.25, 0.3) is 0 Å². The average Bonchev–Trinajstić information content (AvgIpc) is 3.19. The SMILES string of the molecule is CC(=O)Nc1nnc(N[C@H]2CCN(c3nnc(NC(C)O)s3)C2)s1. The Labute approximate surface area is 146 Å². The van der Waals surface area contributed by atoms with Crippen molar-refractivity contribution in [2.45, 2.75) is 32.5 Å². The van der Waals surface area contributed by atoms with E-state index in [1.54, 1.807) is 6.92 Å². The second-order valence-electron chi connectivity index (χ2n) is 5.38. The van der Waals surface area contributed by atoms with Gasteiger partial charge < -0.3 is 26.0 Å². The van der Waals surface area contributed by atoms with Gasteiger partial charge in [0.15, 0.2) is 0 Å². The van der Waals surface area contributed by atoms with Crippen molar-refractivity contribution >= 4 is 49.1 Å². The maximum atomic E-state index is 11.0. The third-order valence-corrected chi connectivity index (χ3v) is 4.93. The molecule has 1 aliphatic heterocycles. The van der Waals surface area contributed by atoms with Crippen LogP contribution in [0.25, 0.3) is 0 Å². The lowest BCUT2D eigenvalue weighted by Crippen LogP contribution is -2.25. The van der Waals surface area contributed by atoms with E-state index in [1.165, 1.54) is 29.6 Å². The van der Waals surface area contributed by atoms with Gasteiger partial charge in [-0.1, -0.05) is 22.7 Å². The highest BCUT2D eigenvalue weighted by molar-refractivity contribution is 7.19. The Morgan fingerprint density at radius 1 is 1.25 bits per heavy atom. The number of hydrogen-bond donors (Lipinski definition) is 4. The van der Waals surface area contributed by atoms with Crippen molar-refractivity contribution in [2.24, 2.45) is 0 Å². The predicted molar refractivity (Wildman–Crippen MR) is 93.7 cm³/mol. The number of nitrogens with one attached hydrogen (secondary N) is 3. The second-order valence-corrected chi connectivity index (χ2v) is 7.31. The largest absolute Gasteiger partial charge is 0.374 e. The van der Waals surface area contributed by atoms with Crippen molar-refractivity contribution in [3.63, 3.8) is 0 Å². The van der Waals surface area contributed by atoms with Crippen LogP contribution in [0, 0.1) is 0 Å². The van der Waals surface area contributed by atoms with Gasteiger partial charge in [-0.15, -0.1) is 20.4 Å². The fourth-order valence-corrected chi connectivity index (χ4v) is 3.92. The maximum absolute atomic E-state index is 11.0. The van der Waals surface area contributed by atoms with Crippen LogP contribution in [0.15, 0.2) is 0 Å². The van der Waals surface area contributed by atoms with Crippen LogP contribution >= 0.6 is 22.7 Å². The van der Waals surface area contributed by atoms with Crippen LogP contribution in [0.2, 0.25) is 0 Å². The number of hydrogen-bond acceptors (Lipinski definition) is 11.